The highest BCUT2D eigenvalue weighted by Gasteiger charge is 2.30. The Kier molecular flexibility index (Phi) is 4.24. The van der Waals surface area contributed by atoms with Crippen LogP contribution in [-0.2, 0) is 11.8 Å². The van der Waals surface area contributed by atoms with Crippen LogP contribution < -0.4 is 0 Å². The molecule has 0 bridgehead atoms. The Morgan fingerprint density at radius 3 is 2.57 bits per heavy atom. The highest BCUT2D eigenvalue weighted by atomic mass is 32.2. The van der Waals surface area contributed by atoms with Crippen LogP contribution in [0.1, 0.15) is 53.7 Å². The van der Waals surface area contributed by atoms with Gasteiger partial charge in [0.1, 0.15) is 0 Å². The van der Waals surface area contributed by atoms with E-state index in [0.717, 1.165) is 12.2 Å². The third-order valence-corrected chi connectivity index (χ3v) is 6.17. The number of rotatable bonds is 4. The Morgan fingerprint density at radius 1 is 1.22 bits per heavy atom. The van der Waals surface area contributed by atoms with E-state index in [1.54, 1.807) is 12.1 Å². The molecular formula is C20H22O2S. The fourth-order valence-electron chi connectivity index (χ4n) is 3.10. The molecule has 120 valence electrons. The molecule has 3 rings (SSSR count). The van der Waals surface area contributed by atoms with Crippen molar-refractivity contribution in [3.8, 4) is 0 Å². The van der Waals surface area contributed by atoms with E-state index in [-0.39, 0.29) is 5.41 Å². The van der Waals surface area contributed by atoms with Gasteiger partial charge in [-0.2, -0.15) is 0 Å². The minimum absolute atomic E-state index is 0.249. The topological polar surface area (TPSA) is 37.3 Å². The summed E-state index contributed by atoms with van der Waals surface area (Å²) in [6, 6.07) is 14.1. The average molecular weight is 326 g/mol. The number of hydrogen-bond donors (Lipinski definition) is 1. The van der Waals surface area contributed by atoms with Gasteiger partial charge in [0, 0.05) is 16.1 Å². The van der Waals surface area contributed by atoms with Crippen LogP contribution in [0.4, 0.5) is 0 Å². The van der Waals surface area contributed by atoms with Gasteiger partial charge in [-0.05, 0) is 47.2 Å². The zero-order chi connectivity index (χ0) is 16.6. The molecule has 3 heteroatoms. The van der Waals surface area contributed by atoms with Crippen LogP contribution in [0.2, 0.25) is 0 Å². The molecule has 0 aliphatic carbocycles. The van der Waals surface area contributed by atoms with Crippen LogP contribution in [0.15, 0.2) is 47.4 Å². The van der Waals surface area contributed by atoms with E-state index in [4.69, 9.17) is 5.11 Å². The van der Waals surface area contributed by atoms with Gasteiger partial charge in [-0.3, -0.25) is 0 Å². The van der Waals surface area contributed by atoms with Crippen LogP contribution in [0.25, 0.3) is 0 Å². The quantitative estimate of drug-likeness (QED) is 0.848. The number of aromatic carboxylic acids is 1. The minimum atomic E-state index is -0.872. The van der Waals surface area contributed by atoms with Gasteiger partial charge in [-0.15, -0.1) is 11.8 Å². The second-order valence-electron chi connectivity index (χ2n) is 7.04. The number of hydrogen-bond acceptors (Lipinski definition) is 2. The number of carbonyl (C=O) groups is 1. The van der Waals surface area contributed by atoms with Gasteiger partial charge in [-0.25, -0.2) is 4.79 Å². The molecule has 1 atom stereocenters. The molecule has 1 aliphatic heterocycles. The van der Waals surface area contributed by atoms with Gasteiger partial charge >= 0.3 is 5.97 Å². The lowest BCUT2D eigenvalue weighted by molar-refractivity contribution is 0.0697. The maximum absolute atomic E-state index is 10.9. The molecule has 2 nitrogen and oxygen atoms in total. The molecule has 0 radical (unpaired) electrons. The zero-order valence-electron chi connectivity index (χ0n) is 13.8. The van der Waals surface area contributed by atoms with Crippen molar-refractivity contribution in [2.24, 2.45) is 0 Å². The first-order valence-corrected chi connectivity index (χ1v) is 8.95. The second-order valence-corrected chi connectivity index (χ2v) is 8.05. The van der Waals surface area contributed by atoms with Crippen molar-refractivity contribution in [3.05, 3.63) is 64.7 Å². The predicted octanol–water partition coefficient (Wildman–Crippen LogP) is 5.11. The standard InChI is InChI=1S/C20H22O2S/c1-13(10-14-4-6-15(7-5-14)19(21)22)16-8-9-18-17(11-16)20(2,3)12-23-18/h4-9,11,13H,10,12H2,1-3H3,(H,21,22). The number of carboxylic acid groups (broad SMARTS) is 1. The summed E-state index contributed by atoms with van der Waals surface area (Å²) in [5, 5.41) is 8.97. The Balaban J connectivity index is 1.79. The number of thioether (sulfide) groups is 1. The van der Waals surface area contributed by atoms with Gasteiger partial charge < -0.3 is 5.11 Å². The monoisotopic (exact) mass is 326 g/mol. The SMILES string of the molecule is CC(Cc1ccc(C(=O)O)cc1)c1ccc2c(c1)C(C)(C)CS2. The fourth-order valence-corrected chi connectivity index (χ4v) is 4.43. The molecule has 1 aliphatic rings. The van der Waals surface area contributed by atoms with E-state index in [2.05, 4.69) is 39.0 Å². The maximum atomic E-state index is 10.9. The molecule has 0 amide bonds. The predicted molar refractivity (Wildman–Crippen MR) is 95.7 cm³/mol. The van der Waals surface area contributed by atoms with E-state index < -0.39 is 5.97 Å². The largest absolute Gasteiger partial charge is 0.478 e. The van der Waals surface area contributed by atoms with Gasteiger partial charge in [0.25, 0.3) is 0 Å². The third-order valence-electron chi connectivity index (χ3n) is 4.63. The van der Waals surface area contributed by atoms with Crippen molar-refractivity contribution in [1.82, 2.24) is 0 Å². The van der Waals surface area contributed by atoms with Crippen LogP contribution in [-0.4, -0.2) is 16.8 Å². The summed E-state index contributed by atoms with van der Waals surface area (Å²) < 4.78 is 0. The van der Waals surface area contributed by atoms with Crippen LogP contribution >= 0.6 is 11.8 Å². The van der Waals surface area contributed by atoms with Crippen molar-refractivity contribution < 1.29 is 9.90 Å². The van der Waals surface area contributed by atoms with E-state index in [9.17, 15) is 4.79 Å². The number of benzene rings is 2. The van der Waals surface area contributed by atoms with Crippen molar-refractivity contribution in [1.29, 1.82) is 0 Å². The van der Waals surface area contributed by atoms with E-state index in [1.807, 2.05) is 23.9 Å². The molecule has 0 saturated carbocycles. The molecule has 1 heterocycles. The first-order valence-electron chi connectivity index (χ1n) is 7.96. The Morgan fingerprint density at radius 2 is 1.91 bits per heavy atom. The highest BCUT2D eigenvalue weighted by Crippen LogP contribution is 2.44. The Labute approximate surface area is 141 Å². The fraction of sp³-hybridized carbons (Fsp3) is 0.350. The van der Waals surface area contributed by atoms with Crippen molar-refractivity contribution in [2.45, 2.75) is 43.4 Å². The molecule has 0 fully saturated rings. The zero-order valence-corrected chi connectivity index (χ0v) is 14.6. The highest BCUT2D eigenvalue weighted by molar-refractivity contribution is 7.99. The summed E-state index contributed by atoms with van der Waals surface area (Å²) in [4.78, 5) is 12.3. The van der Waals surface area contributed by atoms with Crippen molar-refractivity contribution in [3.63, 3.8) is 0 Å². The lowest BCUT2D eigenvalue weighted by Crippen LogP contribution is -2.16. The summed E-state index contributed by atoms with van der Waals surface area (Å²) in [5.41, 5.74) is 4.60. The Bertz CT molecular complexity index is 732. The van der Waals surface area contributed by atoms with Crippen molar-refractivity contribution >= 4 is 17.7 Å². The average Bonchev–Trinajstić information content (AvgIpc) is 2.83. The molecule has 0 spiro atoms. The lowest BCUT2D eigenvalue weighted by Gasteiger charge is -2.20. The molecule has 1 unspecified atom stereocenters. The molecule has 1 N–H and O–H groups in total. The second kappa shape index (κ2) is 6.04. The van der Waals surface area contributed by atoms with E-state index in [0.29, 0.717) is 11.5 Å². The summed E-state index contributed by atoms with van der Waals surface area (Å²) in [6.45, 7) is 6.86. The minimum Gasteiger partial charge on any atom is -0.478 e. The van der Waals surface area contributed by atoms with Gasteiger partial charge in [0.15, 0.2) is 0 Å². The normalized spacial score (nSPS) is 16.8. The first-order chi connectivity index (χ1) is 10.9. The van der Waals surface area contributed by atoms with Gasteiger partial charge in [-0.1, -0.05) is 45.0 Å². The van der Waals surface area contributed by atoms with Crippen LogP contribution in [0.3, 0.4) is 0 Å². The molecular weight excluding hydrogens is 304 g/mol. The smallest absolute Gasteiger partial charge is 0.335 e. The van der Waals surface area contributed by atoms with Crippen LogP contribution in [0.5, 0.6) is 0 Å². The third kappa shape index (κ3) is 3.30. The lowest BCUT2D eigenvalue weighted by atomic mass is 9.84. The Hall–Kier alpha value is -1.74. The molecule has 0 saturated heterocycles. The van der Waals surface area contributed by atoms with Gasteiger partial charge in [0.2, 0.25) is 0 Å². The first kappa shape index (κ1) is 16.1. The van der Waals surface area contributed by atoms with E-state index in [1.165, 1.54) is 21.6 Å². The number of carboxylic acids is 1. The van der Waals surface area contributed by atoms with Crippen LogP contribution in [0, 0.1) is 0 Å². The summed E-state index contributed by atoms with van der Waals surface area (Å²) in [5.74, 6) is 0.692. The van der Waals surface area contributed by atoms with Crippen molar-refractivity contribution in [2.75, 3.05) is 5.75 Å². The van der Waals surface area contributed by atoms with E-state index >= 15 is 0 Å². The van der Waals surface area contributed by atoms with Gasteiger partial charge in [0.05, 0.1) is 5.56 Å². The molecule has 23 heavy (non-hydrogen) atoms. The molecule has 2 aromatic rings. The molecule has 2 aromatic carbocycles. The molecule has 0 aromatic heterocycles. The summed E-state index contributed by atoms with van der Waals surface area (Å²) in [6.07, 6.45) is 0.923. The summed E-state index contributed by atoms with van der Waals surface area (Å²) >= 11 is 1.95. The maximum Gasteiger partial charge on any atom is 0.335 e. The summed E-state index contributed by atoms with van der Waals surface area (Å²) in [7, 11) is 0. The number of fused-ring (bicyclic) bond motifs is 1.